The van der Waals surface area contributed by atoms with Crippen LogP contribution in [-0.2, 0) is 28.6 Å². The van der Waals surface area contributed by atoms with Crippen LogP contribution in [0.15, 0.2) is 0 Å². The molecule has 0 saturated heterocycles. The van der Waals surface area contributed by atoms with Gasteiger partial charge in [-0.05, 0) is 27.2 Å². The van der Waals surface area contributed by atoms with Crippen LogP contribution >= 0.6 is 0 Å². The summed E-state index contributed by atoms with van der Waals surface area (Å²) in [4.78, 5) is 36.2. The molecule has 0 aliphatic heterocycles. The Bertz CT molecular complexity index is 394. The highest BCUT2D eigenvalue weighted by atomic mass is 16.6. The third kappa shape index (κ3) is 6.56. The van der Waals surface area contributed by atoms with Crippen LogP contribution in [0.1, 0.15) is 53.4 Å². The molecule has 0 aromatic carbocycles. The molecule has 0 spiro atoms. The average Bonchev–Trinajstić information content (AvgIpc) is 2.48. The molecule has 0 radical (unpaired) electrons. The molecule has 2 unspecified atom stereocenters. The van der Waals surface area contributed by atoms with E-state index in [1.54, 1.807) is 20.8 Å². The summed E-state index contributed by atoms with van der Waals surface area (Å²) in [6.45, 7) is 6.97. The molecule has 0 aliphatic rings. The second-order valence-corrected chi connectivity index (χ2v) is 5.07. The maximum atomic E-state index is 12.2. The van der Waals surface area contributed by atoms with Crippen LogP contribution in [0, 0.1) is 5.92 Å². The van der Waals surface area contributed by atoms with Gasteiger partial charge < -0.3 is 19.3 Å². The van der Waals surface area contributed by atoms with Crippen molar-refractivity contribution in [3.63, 3.8) is 0 Å². The Kier molecular flexibility index (Phi) is 10.2. The quantitative estimate of drug-likeness (QED) is 0.453. The van der Waals surface area contributed by atoms with Gasteiger partial charge in [-0.25, -0.2) is 4.79 Å². The molecule has 2 atom stereocenters. The van der Waals surface area contributed by atoms with Gasteiger partial charge in [0.25, 0.3) is 0 Å². The average molecular weight is 332 g/mol. The fourth-order valence-electron chi connectivity index (χ4n) is 2.23. The van der Waals surface area contributed by atoms with Gasteiger partial charge in [0.1, 0.15) is 0 Å². The number of carbonyl (C=O) groups excluding carboxylic acids is 3. The van der Waals surface area contributed by atoms with Crippen molar-refractivity contribution in [3.05, 3.63) is 0 Å². The van der Waals surface area contributed by atoms with Gasteiger partial charge in [-0.1, -0.05) is 19.8 Å². The predicted octanol–water partition coefficient (Wildman–Crippen LogP) is 1.60. The molecular formula is C16H28O7. The van der Waals surface area contributed by atoms with Crippen LogP contribution < -0.4 is 0 Å². The summed E-state index contributed by atoms with van der Waals surface area (Å²) < 4.78 is 14.6. The van der Waals surface area contributed by atoms with Crippen molar-refractivity contribution in [2.24, 2.45) is 5.92 Å². The lowest BCUT2D eigenvalue weighted by Gasteiger charge is -2.31. The highest BCUT2D eigenvalue weighted by Gasteiger charge is 2.51. The number of carbonyl (C=O) groups is 3. The molecule has 0 bridgehead atoms. The molecule has 0 aromatic rings. The number of rotatable bonds is 11. The molecule has 0 rings (SSSR count). The Morgan fingerprint density at radius 3 is 2.00 bits per heavy atom. The molecule has 134 valence electrons. The first-order chi connectivity index (χ1) is 10.9. The molecule has 7 heteroatoms. The third-order valence-corrected chi connectivity index (χ3v) is 3.34. The van der Waals surface area contributed by atoms with Gasteiger partial charge in [0.15, 0.2) is 5.60 Å². The zero-order valence-corrected chi connectivity index (χ0v) is 14.4. The molecule has 1 N–H and O–H groups in total. The summed E-state index contributed by atoms with van der Waals surface area (Å²) in [5.41, 5.74) is -2.29. The van der Waals surface area contributed by atoms with Gasteiger partial charge in [-0.3, -0.25) is 9.59 Å². The van der Waals surface area contributed by atoms with Crippen molar-refractivity contribution >= 4 is 17.9 Å². The summed E-state index contributed by atoms with van der Waals surface area (Å²) in [5, 5.41) is 10.8. The standard InChI is InChI=1S/C16H28O7/c1-5-9-10-12(14(18)22-7-3)16(20,15(19)23-8-4)11-13(17)21-6-2/h12,20H,5-11H2,1-4H3. The van der Waals surface area contributed by atoms with E-state index in [4.69, 9.17) is 14.2 Å². The number of esters is 3. The number of aliphatic hydroxyl groups is 1. The molecule has 0 heterocycles. The van der Waals surface area contributed by atoms with E-state index in [0.717, 1.165) is 6.42 Å². The van der Waals surface area contributed by atoms with Gasteiger partial charge >= 0.3 is 17.9 Å². The molecule has 0 saturated carbocycles. The van der Waals surface area contributed by atoms with Crippen molar-refractivity contribution in [2.45, 2.75) is 59.0 Å². The van der Waals surface area contributed by atoms with Crippen LogP contribution in [-0.4, -0.2) is 48.4 Å². The molecule has 7 nitrogen and oxygen atoms in total. The normalized spacial score (nSPS) is 14.5. The minimum atomic E-state index is -2.29. The lowest BCUT2D eigenvalue weighted by Crippen LogP contribution is -2.52. The number of unbranched alkanes of at least 4 members (excludes halogenated alkanes) is 1. The highest BCUT2D eigenvalue weighted by Crippen LogP contribution is 2.30. The van der Waals surface area contributed by atoms with E-state index in [-0.39, 0.29) is 26.2 Å². The molecular weight excluding hydrogens is 304 g/mol. The molecule has 0 aliphatic carbocycles. The van der Waals surface area contributed by atoms with Crippen molar-refractivity contribution in [1.82, 2.24) is 0 Å². The minimum absolute atomic E-state index is 0.0211. The first-order valence-corrected chi connectivity index (χ1v) is 8.09. The van der Waals surface area contributed by atoms with Gasteiger partial charge in [-0.15, -0.1) is 0 Å². The van der Waals surface area contributed by atoms with Crippen LogP contribution in [0.4, 0.5) is 0 Å². The van der Waals surface area contributed by atoms with Crippen LogP contribution in [0.2, 0.25) is 0 Å². The molecule has 0 fully saturated rings. The van der Waals surface area contributed by atoms with Crippen molar-refractivity contribution in [2.75, 3.05) is 19.8 Å². The largest absolute Gasteiger partial charge is 0.466 e. The van der Waals surface area contributed by atoms with E-state index < -0.39 is 35.8 Å². The SMILES string of the molecule is CCCCC(C(=O)OCC)C(O)(CC(=O)OCC)C(=O)OCC. The second kappa shape index (κ2) is 11.0. The summed E-state index contributed by atoms with van der Waals surface area (Å²) in [6, 6.07) is 0. The zero-order valence-electron chi connectivity index (χ0n) is 14.4. The minimum Gasteiger partial charge on any atom is -0.466 e. The van der Waals surface area contributed by atoms with Crippen molar-refractivity contribution in [1.29, 1.82) is 0 Å². The van der Waals surface area contributed by atoms with Crippen LogP contribution in [0.3, 0.4) is 0 Å². The third-order valence-electron chi connectivity index (χ3n) is 3.34. The Labute approximate surface area is 137 Å². The predicted molar refractivity (Wildman–Crippen MR) is 82.5 cm³/mol. The van der Waals surface area contributed by atoms with E-state index in [0.29, 0.717) is 6.42 Å². The van der Waals surface area contributed by atoms with Gasteiger partial charge in [0.2, 0.25) is 0 Å². The van der Waals surface area contributed by atoms with Gasteiger partial charge in [-0.2, -0.15) is 0 Å². The first kappa shape index (κ1) is 21.4. The number of hydrogen-bond acceptors (Lipinski definition) is 7. The van der Waals surface area contributed by atoms with Gasteiger partial charge in [0.05, 0.1) is 32.2 Å². The zero-order chi connectivity index (χ0) is 17.9. The van der Waals surface area contributed by atoms with Crippen LogP contribution in [0.5, 0.6) is 0 Å². The van der Waals surface area contributed by atoms with E-state index in [2.05, 4.69) is 0 Å². The maximum Gasteiger partial charge on any atom is 0.339 e. The Morgan fingerprint density at radius 2 is 1.52 bits per heavy atom. The highest BCUT2D eigenvalue weighted by molar-refractivity contribution is 5.91. The molecule has 0 aromatic heterocycles. The van der Waals surface area contributed by atoms with E-state index in [1.165, 1.54) is 0 Å². The Hall–Kier alpha value is -1.63. The van der Waals surface area contributed by atoms with E-state index >= 15 is 0 Å². The number of ether oxygens (including phenoxy) is 3. The fourth-order valence-corrected chi connectivity index (χ4v) is 2.23. The van der Waals surface area contributed by atoms with E-state index in [1.807, 2.05) is 6.92 Å². The first-order valence-electron chi connectivity index (χ1n) is 8.09. The Morgan fingerprint density at radius 1 is 0.957 bits per heavy atom. The monoisotopic (exact) mass is 332 g/mol. The summed E-state index contributed by atoms with van der Waals surface area (Å²) >= 11 is 0. The summed E-state index contributed by atoms with van der Waals surface area (Å²) in [5.74, 6) is -3.68. The Balaban J connectivity index is 5.55. The molecule has 23 heavy (non-hydrogen) atoms. The number of hydrogen-bond donors (Lipinski definition) is 1. The fraction of sp³-hybridized carbons (Fsp3) is 0.812. The summed E-state index contributed by atoms with van der Waals surface area (Å²) in [6.07, 6.45) is 0.916. The van der Waals surface area contributed by atoms with E-state index in [9.17, 15) is 19.5 Å². The lowest BCUT2D eigenvalue weighted by molar-refractivity contribution is -0.186. The van der Waals surface area contributed by atoms with Crippen molar-refractivity contribution in [3.8, 4) is 0 Å². The second-order valence-electron chi connectivity index (χ2n) is 5.07. The van der Waals surface area contributed by atoms with Crippen LogP contribution in [0.25, 0.3) is 0 Å². The smallest absolute Gasteiger partial charge is 0.339 e. The molecule has 0 amide bonds. The van der Waals surface area contributed by atoms with Gasteiger partial charge in [0, 0.05) is 0 Å². The lowest BCUT2D eigenvalue weighted by atomic mass is 9.81. The van der Waals surface area contributed by atoms with Crippen molar-refractivity contribution < 1.29 is 33.7 Å². The topological polar surface area (TPSA) is 99.1 Å². The summed E-state index contributed by atoms with van der Waals surface area (Å²) in [7, 11) is 0. The maximum absolute atomic E-state index is 12.2.